The van der Waals surface area contributed by atoms with Gasteiger partial charge in [0.15, 0.2) is 0 Å². The van der Waals surface area contributed by atoms with Gasteiger partial charge >= 0.3 is 5.97 Å². The van der Waals surface area contributed by atoms with Crippen LogP contribution in [0, 0.1) is 5.41 Å². The summed E-state index contributed by atoms with van der Waals surface area (Å²) in [5.41, 5.74) is -0.0774. The molecule has 0 aromatic heterocycles. The summed E-state index contributed by atoms with van der Waals surface area (Å²) in [5, 5.41) is 3.32. The van der Waals surface area contributed by atoms with Crippen LogP contribution in [0.4, 0.5) is 0 Å². The molecule has 16 heavy (non-hydrogen) atoms. The molecule has 0 aromatic carbocycles. The third kappa shape index (κ3) is 4.12. The van der Waals surface area contributed by atoms with Crippen molar-refractivity contribution < 1.29 is 9.53 Å². The summed E-state index contributed by atoms with van der Waals surface area (Å²) >= 11 is 0. The molecule has 1 unspecified atom stereocenters. The molecule has 0 aliphatic heterocycles. The fourth-order valence-corrected chi connectivity index (χ4v) is 2.29. The predicted molar refractivity (Wildman–Crippen MR) is 65.3 cm³/mol. The Bertz CT molecular complexity index is 253. The highest BCUT2D eigenvalue weighted by atomic mass is 16.6. The average Bonchev–Trinajstić information content (AvgIpc) is 2.38. The van der Waals surface area contributed by atoms with E-state index in [9.17, 15) is 4.79 Å². The molecule has 1 rings (SSSR count). The highest BCUT2D eigenvalue weighted by Gasteiger charge is 2.34. The Morgan fingerprint density at radius 2 is 2.06 bits per heavy atom. The van der Waals surface area contributed by atoms with E-state index < -0.39 is 0 Å². The number of carbonyl (C=O) groups excluding carboxylic acids is 1. The minimum absolute atomic E-state index is 0.157. The Kier molecular flexibility index (Phi) is 4.00. The second kappa shape index (κ2) is 4.74. The van der Waals surface area contributed by atoms with E-state index in [1.54, 1.807) is 0 Å². The lowest BCUT2D eigenvalue weighted by atomic mass is 9.87. The molecule has 0 radical (unpaired) electrons. The molecular weight excluding hydrogens is 202 g/mol. The van der Waals surface area contributed by atoms with Gasteiger partial charge in [0.2, 0.25) is 0 Å². The van der Waals surface area contributed by atoms with Crippen LogP contribution in [0.15, 0.2) is 0 Å². The zero-order valence-electron chi connectivity index (χ0n) is 11.2. The van der Waals surface area contributed by atoms with Gasteiger partial charge in [0.1, 0.15) is 5.60 Å². The zero-order valence-corrected chi connectivity index (χ0v) is 11.2. The van der Waals surface area contributed by atoms with Crippen molar-refractivity contribution in [3.63, 3.8) is 0 Å². The van der Waals surface area contributed by atoms with E-state index in [-0.39, 0.29) is 11.6 Å². The first-order valence-corrected chi connectivity index (χ1v) is 6.16. The van der Waals surface area contributed by atoms with Crippen LogP contribution in [-0.2, 0) is 9.53 Å². The quantitative estimate of drug-likeness (QED) is 0.753. The Morgan fingerprint density at radius 1 is 1.44 bits per heavy atom. The molecule has 0 amide bonds. The van der Waals surface area contributed by atoms with Crippen molar-refractivity contribution in [2.45, 2.75) is 65.5 Å². The highest BCUT2D eigenvalue weighted by molar-refractivity contribution is 5.72. The summed E-state index contributed by atoms with van der Waals surface area (Å²) in [4.78, 5) is 11.5. The molecule has 1 N–H and O–H groups in total. The van der Waals surface area contributed by atoms with Crippen molar-refractivity contribution >= 4 is 5.97 Å². The molecule has 1 aliphatic carbocycles. The van der Waals surface area contributed by atoms with Crippen LogP contribution in [-0.4, -0.2) is 24.2 Å². The molecule has 1 aliphatic rings. The van der Waals surface area contributed by atoms with Crippen LogP contribution in [0.2, 0.25) is 0 Å². The van der Waals surface area contributed by atoms with Gasteiger partial charge in [-0.15, -0.1) is 0 Å². The van der Waals surface area contributed by atoms with E-state index in [0.29, 0.717) is 18.0 Å². The molecule has 1 atom stereocenters. The topological polar surface area (TPSA) is 38.3 Å². The fraction of sp³-hybridized carbons (Fsp3) is 0.923. The van der Waals surface area contributed by atoms with Gasteiger partial charge < -0.3 is 10.1 Å². The van der Waals surface area contributed by atoms with Crippen LogP contribution in [0.1, 0.15) is 53.9 Å². The first-order chi connectivity index (χ1) is 7.21. The van der Waals surface area contributed by atoms with E-state index in [1.807, 2.05) is 20.8 Å². The van der Waals surface area contributed by atoms with Crippen LogP contribution in [0.5, 0.6) is 0 Å². The third-order valence-corrected chi connectivity index (χ3v) is 3.17. The molecule has 3 nitrogen and oxygen atoms in total. The molecule has 0 bridgehead atoms. The van der Waals surface area contributed by atoms with Crippen LogP contribution < -0.4 is 5.32 Å². The molecule has 0 heterocycles. The summed E-state index contributed by atoms with van der Waals surface area (Å²) in [5.74, 6) is -0.157. The molecule has 0 spiro atoms. The summed E-state index contributed by atoms with van der Waals surface area (Å²) in [6, 6.07) is 0.444. The van der Waals surface area contributed by atoms with Gasteiger partial charge in [0.25, 0.3) is 0 Å². The second-order valence-electron chi connectivity index (χ2n) is 6.40. The normalized spacial score (nSPS) is 24.4. The van der Waals surface area contributed by atoms with Crippen LogP contribution in [0.3, 0.4) is 0 Å². The molecular formula is C13H25NO2. The molecule has 0 saturated heterocycles. The first-order valence-electron chi connectivity index (χ1n) is 6.16. The lowest BCUT2D eigenvalue weighted by Gasteiger charge is -2.28. The van der Waals surface area contributed by atoms with Crippen LogP contribution >= 0.6 is 0 Å². The van der Waals surface area contributed by atoms with Crippen LogP contribution in [0.25, 0.3) is 0 Å². The maximum atomic E-state index is 11.5. The number of nitrogens with one attached hydrogen (secondary N) is 1. The molecule has 94 valence electrons. The van der Waals surface area contributed by atoms with E-state index >= 15 is 0 Å². The van der Waals surface area contributed by atoms with Gasteiger partial charge in [0.05, 0.1) is 6.54 Å². The lowest BCUT2D eigenvalue weighted by Crippen LogP contribution is -2.42. The van der Waals surface area contributed by atoms with Gasteiger partial charge in [-0.05, 0) is 39.0 Å². The van der Waals surface area contributed by atoms with E-state index in [1.165, 1.54) is 12.8 Å². The minimum atomic E-state index is -0.385. The number of hydrogen-bond donors (Lipinski definition) is 1. The summed E-state index contributed by atoms with van der Waals surface area (Å²) in [7, 11) is 0. The number of hydrogen-bond acceptors (Lipinski definition) is 3. The van der Waals surface area contributed by atoms with E-state index in [0.717, 1.165) is 6.42 Å². The SMILES string of the molecule is CC(C)(C)OC(=O)CNC1CCCC1(C)C. The van der Waals surface area contributed by atoms with Crippen molar-refractivity contribution in [3.8, 4) is 0 Å². The average molecular weight is 227 g/mol. The van der Waals surface area contributed by atoms with Crippen molar-refractivity contribution in [1.29, 1.82) is 0 Å². The Hall–Kier alpha value is -0.570. The molecule has 0 aromatic rings. The van der Waals surface area contributed by atoms with Gasteiger partial charge in [-0.25, -0.2) is 0 Å². The lowest BCUT2D eigenvalue weighted by molar-refractivity contribution is -0.153. The molecule has 1 fully saturated rings. The van der Waals surface area contributed by atoms with Crippen molar-refractivity contribution in [1.82, 2.24) is 5.32 Å². The van der Waals surface area contributed by atoms with E-state index in [4.69, 9.17) is 4.74 Å². The van der Waals surface area contributed by atoms with Gasteiger partial charge in [0, 0.05) is 6.04 Å². The van der Waals surface area contributed by atoms with Crippen molar-refractivity contribution in [3.05, 3.63) is 0 Å². The second-order valence-corrected chi connectivity index (χ2v) is 6.40. The Labute approximate surface area is 98.9 Å². The van der Waals surface area contributed by atoms with Crippen molar-refractivity contribution in [2.75, 3.05) is 6.54 Å². The number of ether oxygens (including phenoxy) is 1. The minimum Gasteiger partial charge on any atom is -0.459 e. The monoisotopic (exact) mass is 227 g/mol. The summed E-state index contributed by atoms with van der Waals surface area (Å²) < 4.78 is 5.26. The van der Waals surface area contributed by atoms with Gasteiger partial charge in [-0.3, -0.25) is 4.79 Å². The Balaban J connectivity index is 2.32. The Morgan fingerprint density at radius 3 is 2.50 bits per heavy atom. The first kappa shape index (κ1) is 13.5. The molecule has 1 saturated carbocycles. The summed E-state index contributed by atoms with van der Waals surface area (Å²) in [6.45, 7) is 10.5. The fourth-order valence-electron chi connectivity index (χ4n) is 2.29. The van der Waals surface area contributed by atoms with Crippen molar-refractivity contribution in [2.24, 2.45) is 5.41 Å². The smallest absolute Gasteiger partial charge is 0.320 e. The highest BCUT2D eigenvalue weighted by Crippen LogP contribution is 2.36. The van der Waals surface area contributed by atoms with Gasteiger partial charge in [-0.1, -0.05) is 20.3 Å². The number of esters is 1. The van der Waals surface area contributed by atoms with E-state index in [2.05, 4.69) is 19.2 Å². The number of rotatable bonds is 3. The predicted octanol–water partition coefficient (Wildman–Crippen LogP) is 2.50. The standard InChI is InChI=1S/C13H25NO2/c1-12(2,3)16-11(15)9-14-10-7-6-8-13(10,4)5/h10,14H,6-9H2,1-5H3. The third-order valence-electron chi connectivity index (χ3n) is 3.17. The maximum absolute atomic E-state index is 11.5. The summed E-state index contributed by atoms with van der Waals surface area (Å²) in [6.07, 6.45) is 3.65. The number of carbonyl (C=O) groups is 1. The molecule has 3 heteroatoms. The van der Waals surface area contributed by atoms with Gasteiger partial charge in [-0.2, -0.15) is 0 Å². The maximum Gasteiger partial charge on any atom is 0.320 e. The largest absolute Gasteiger partial charge is 0.459 e. The zero-order chi connectivity index (χ0) is 12.4.